The first-order valence-electron chi connectivity index (χ1n) is 6.85. The first-order chi connectivity index (χ1) is 9.35. The molecule has 0 amide bonds. The average molecular weight is 293 g/mol. The maximum absolute atomic E-state index is 4.65. The molecule has 20 heavy (non-hydrogen) atoms. The molecular formula is C15H21ClN4. The van der Waals surface area contributed by atoms with Crippen molar-refractivity contribution < 1.29 is 0 Å². The van der Waals surface area contributed by atoms with Gasteiger partial charge in [0.05, 0.1) is 11.4 Å². The summed E-state index contributed by atoms with van der Waals surface area (Å²) in [6, 6.07) is 13.0. The molecule has 1 aromatic carbocycles. The van der Waals surface area contributed by atoms with Gasteiger partial charge in [-0.3, -0.25) is 4.90 Å². The summed E-state index contributed by atoms with van der Waals surface area (Å²) in [4.78, 5) is 2.46. The van der Waals surface area contributed by atoms with E-state index in [4.69, 9.17) is 0 Å². The summed E-state index contributed by atoms with van der Waals surface area (Å²) >= 11 is 0. The van der Waals surface area contributed by atoms with Crippen molar-refractivity contribution in [1.29, 1.82) is 0 Å². The molecule has 1 aliphatic rings. The van der Waals surface area contributed by atoms with Crippen LogP contribution in [0.2, 0.25) is 0 Å². The second-order valence-electron chi connectivity index (χ2n) is 5.10. The lowest BCUT2D eigenvalue weighted by Gasteiger charge is -2.13. The van der Waals surface area contributed by atoms with Gasteiger partial charge in [0.1, 0.15) is 0 Å². The number of rotatable bonds is 4. The number of aromatic nitrogens is 2. The highest BCUT2D eigenvalue weighted by molar-refractivity contribution is 5.85. The normalized spacial score (nSPS) is 18.9. The topological polar surface area (TPSA) is 33.1 Å². The first-order valence-corrected chi connectivity index (χ1v) is 6.85. The number of para-hydroxylation sites is 1. The van der Waals surface area contributed by atoms with Crippen LogP contribution in [0.25, 0.3) is 5.69 Å². The van der Waals surface area contributed by atoms with Gasteiger partial charge in [0, 0.05) is 31.9 Å². The van der Waals surface area contributed by atoms with E-state index in [0.717, 1.165) is 31.0 Å². The Morgan fingerprint density at radius 3 is 2.75 bits per heavy atom. The van der Waals surface area contributed by atoms with E-state index in [9.17, 15) is 0 Å². The zero-order valence-corrected chi connectivity index (χ0v) is 12.5. The van der Waals surface area contributed by atoms with Gasteiger partial charge >= 0.3 is 0 Å². The van der Waals surface area contributed by atoms with Crippen LogP contribution in [0.4, 0.5) is 0 Å². The minimum absolute atomic E-state index is 0. The van der Waals surface area contributed by atoms with Gasteiger partial charge in [-0.05, 0) is 31.7 Å². The third-order valence-electron chi connectivity index (χ3n) is 3.73. The number of hydrogen-bond donors (Lipinski definition) is 1. The van der Waals surface area contributed by atoms with Crippen molar-refractivity contribution in [2.45, 2.75) is 19.0 Å². The molecule has 1 fully saturated rings. The number of nitrogens with one attached hydrogen (secondary N) is 1. The van der Waals surface area contributed by atoms with E-state index in [1.54, 1.807) is 0 Å². The third-order valence-corrected chi connectivity index (χ3v) is 3.73. The molecule has 2 heterocycles. The Balaban J connectivity index is 0.00000147. The van der Waals surface area contributed by atoms with Gasteiger partial charge in [-0.1, -0.05) is 18.2 Å². The Morgan fingerprint density at radius 2 is 2.05 bits per heavy atom. The zero-order valence-electron chi connectivity index (χ0n) is 11.7. The van der Waals surface area contributed by atoms with Gasteiger partial charge < -0.3 is 5.32 Å². The van der Waals surface area contributed by atoms with E-state index in [2.05, 4.69) is 33.5 Å². The second kappa shape index (κ2) is 6.88. The van der Waals surface area contributed by atoms with E-state index >= 15 is 0 Å². The SMILES string of the molecule is CNC1CCN(Cc2ccn(-c3ccccc3)n2)C1.Cl. The number of hydrogen-bond acceptors (Lipinski definition) is 3. The summed E-state index contributed by atoms with van der Waals surface area (Å²) in [5.74, 6) is 0. The number of halogens is 1. The lowest BCUT2D eigenvalue weighted by molar-refractivity contribution is 0.318. The molecule has 1 aromatic heterocycles. The van der Waals surface area contributed by atoms with Gasteiger partial charge in [0.25, 0.3) is 0 Å². The van der Waals surface area contributed by atoms with Crippen LogP contribution in [0.3, 0.4) is 0 Å². The van der Waals surface area contributed by atoms with Crippen LogP contribution in [0.15, 0.2) is 42.6 Å². The molecular weight excluding hydrogens is 272 g/mol. The highest BCUT2D eigenvalue weighted by atomic mass is 35.5. The molecule has 0 saturated carbocycles. The van der Waals surface area contributed by atoms with Gasteiger partial charge in [0.2, 0.25) is 0 Å². The Kier molecular flexibility index (Phi) is 5.17. The highest BCUT2D eigenvalue weighted by Gasteiger charge is 2.21. The number of likely N-dealkylation sites (tertiary alicyclic amines) is 1. The smallest absolute Gasteiger partial charge is 0.0769 e. The molecule has 0 spiro atoms. The molecule has 5 heteroatoms. The Bertz CT molecular complexity index is 526. The minimum Gasteiger partial charge on any atom is -0.316 e. The van der Waals surface area contributed by atoms with Crippen molar-refractivity contribution >= 4 is 12.4 Å². The van der Waals surface area contributed by atoms with Crippen molar-refractivity contribution in [1.82, 2.24) is 20.0 Å². The zero-order chi connectivity index (χ0) is 13.1. The standard InChI is InChI=1S/C15H20N4.ClH/c1-16-13-7-9-18(11-13)12-14-8-10-19(17-14)15-5-3-2-4-6-15;/h2-6,8,10,13,16H,7,9,11-12H2,1H3;1H. The molecule has 4 nitrogen and oxygen atoms in total. The van der Waals surface area contributed by atoms with Crippen molar-refractivity contribution in [3.63, 3.8) is 0 Å². The van der Waals surface area contributed by atoms with Crippen LogP contribution < -0.4 is 5.32 Å². The predicted octanol–water partition coefficient (Wildman–Crippen LogP) is 2.09. The Labute approximate surface area is 126 Å². The summed E-state index contributed by atoms with van der Waals surface area (Å²) in [6.45, 7) is 3.22. The number of benzene rings is 1. The largest absolute Gasteiger partial charge is 0.316 e. The lowest BCUT2D eigenvalue weighted by atomic mass is 10.3. The van der Waals surface area contributed by atoms with Gasteiger partial charge in [0.15, 0.2) is 0 Å². The summed E-state index contributed by atoms with van der Waals surface area (Å²) in [7, 11) is 2.04. The van der Waals surface area contributed by atoms with Gasteiger partial charge in [-0.2, -0.15) is 5.10 Å². The second-order valence-corrected chi connectivity index (χ2v) is 5.10. The van der Waals surface area contributed by atoms with Crippen LogP contribution >= 0.6 is 12.4 Å². The summed E-state index contributed by atoms with van der Waals surface area (Å²) < 4.78 is 1.95. The molecule has 1 atom stereocenters. The molecule has 2 aromatic rings. The van der Waals surface area contributed by atoms with E-state index < -0.39 is 0 Å². The monoisotopic (exact) mass is 292 g/mol. The van der Waals surface area contributed by atoms with Crippen LogP contribution in [0.1, 0.15) is 12.1 Å². The van der Waals surface area contributed by atoms with Crippen molar-refractivity contribution in [2.75, 3.05) is 20.1 Å². The fourth-order valence-electron chi connectivity index (χ4n) is 2.61. The van der Waals surface area contributed by atoms with Gasteiger partial charge in [-0.25, -0.2) is 4.68 Å². The number of nitrogens with zero attached hydrogens (tertiary/aromatic N) is 3. The Hall–Kier alpha value is -1.36. The lowest BCUT2D eigenvalue weighted by Crippen LogP contribution is -2.29. The molecule has 3 rings (SSSR count). The molecule has 0 aliphatic carbocycles. The van der Waals surface area contributed by atoms with Crippen molar-refractivity contribution in [3.8, 4) is 5.69 Å². The van der Waals surface area contributed by atoms with Crippen LogP contribution in [-0.4, -0.2) is 40.9 Å². The van der Waals surface area contributed by atoms with E-state index in [0.29, 0.717) is 6.04 Å². The first kappa shape index (κ1) is 15.0. The fourth-order valence-corrected chi connectivity index (χ4v) is 2.61. The van der Waals surface area contributed by atoms with E-state index in [1.165, 1.54) is 6.42 Å². The predicted molar refractivity (Wildman–Crippen MR) is 83.6 cm³/mol. The molecule has 0 bridgehead atoms. The third kappa shape index (κ3) is 3.39. The van der Waals surface area contributed by atoms with Crippen LogP contribution in [-0.2, 0) is 6.54 Å². The fraction of sp³-hybridized carbons (Fsp3) is 0.400. The molecule has 1 unspecified atom stereocenters. The summed E-state index contributed by atoms with van der Waals surface area (Å²) in [5.41, 5.74) is 2.25. The highest BCUT2D eigenvalue weighted by Crippen LogP contribution is 2.13. The summed E-state index contributed by atoms with van der Waals surface area (Å²) in [5, 5.41) is 7.99. The maximum atomic E-state index is 4.65. The summed E-state index contributed by atoms with van der Waals surface area (Å²) in [6.07, 6.45) is 3.27. The van der Waals surface area contributed by atoms with Crippen molar-refractivity contribution in [3.05, 3.63) is 48.3 Å². The van der Waals surface area contributed by atoms with E-state index in [1.807, 2.05) is 36.1 Å². The van der Waals surface area contributed by atoms with E-state index in [-0.39, 0.29) is 12.4 Å². The van der Waals surface area contributed by atoms with Crippen molar-refractivity contribution in [2.24, 2.45) is 0 Å². The molecule has 0 radical (unpaired) electrons. The maximum Gasteiger partial charge on any atom is 0.0769 e. The minimum atomic E-state index is 0. The molecule has 1 aliphatic heterocycles. The number of likely N-dealkylation sites (N-methyl/N-ethyl adjacent to an activating group) is 1. The molecule has 1 N–H and O–H groups in total. The van der Waals surface area contributed by atoms with Gasteiger partial charge in [-0.15, -0.1) is 12.4 Å². The average Bonchev–Trinajstić information content (AvgIpc) is 3.09. The van der Waals surface area contributed by atoms with Crippen LogP contribution in [0, 0.1) is 0 Å². The molecule has 1 saturated heterocycles. The molecule has 108 valence electrons. The van der Waals surface area contributed by atoms with Crippen LogP contribution in [0.5, 0.6) is 0 Å². The quantitative estimate of drug-likeness (QED) is 0.937. The Morgan fingerprint density at radius 1 is 1.25 bits per heavy atom.